The van der Waals surface area contributed by atoms with Crippen molar-refractivity contribution in [3.05, 3.63) is 33.8 Å². The van der Waals surface area contributed by atoms with E-state index in [4.69, 9.17) is 14.2 Å². The Morgan fingerprint density at radius 2 is 1.78 bits per heavy atom. The molecule has 6 nitrogen and oxygen atoms in total. The SMILES string of the molecule is CCc1ncc(C(=O)NCc2cc(OC)c(OC)cc2OC)s1. The van der Waals surface area contributed by atoms with E-state index in [9.17, 15) is 4.79 Å². The number of ether oxygens (including phenoxy) is 3. The molecule has 0 radical (unpaired) electrons. The number of benzene rings is 1. The van der Waals surface area contributed by atoms with Gasteiger partial charge in [0.2, 0.25) is 0 Å². The highest BCUT2D eigenvalue weighted by atomic mass is 32.1. The standard InChI is InChI=1S/C16H20N2O4S/c1-5-15-17-9-14(23-15)16(19)18-8-10-6-12(21-3)13(22-4)7-11(10)20-2/h6-7,9H,5,8H2,1-4H3,(H,18,19). The van der Waals surface area contributed by atoms with Crippen molar-refractivity contribution in [2.24, 2.45) is 0 Å². The van der Waals surface area contributed by atoms with Gasteiger partial charge in [-0.2, -0.15) is 0 Å². The van der Waals surface area contributed by atoms with Crippen molar-refractivity contribution in [3.8, 4) is 17.2 Å². The van der Waals surface area contributed by atoms with Crippen LogP contribution in [0.1, 0.15) is 27.2 Å². The molecule has 0 spiro atoms. The largest absolute Gasteiger partial charge is 0.496 e. The fourth-order valence-electron chi connectivity index (χ4n) is 2.07. The maximum Gasteiger partial charge on any atom is 0.263 e. The normalized spacial score (nSPS) is 10.3. The molecule has 1 N–H and O–H groups in total. The molecule has 2 aromatic rings. The van der Waals surface area contributed by atoms with E-state index in [-0.39, 0.29) is 5.91 Å². The first-order chi connectivity index (χ1) is 11.1. The number of hydrogen-bond acceptors (Lipinski definition) is 6. The highest BCUT2D eigenvalue weighted by Gasteiger charge is 2.14. The summed E-state index contributed by atoms with van der Waals surface area (Å²) in [5, 5.41) is 3.81. The molecule has 0 saturated heterocycles. The van der Waals surface area contributed by atoms with Gasteiger partial charge in [-0.1, -0.05) is 6.92 Å². The molecule has 23 heavy (non-hydrogen) atoms. The average molecular weight is 336 g/mol. The summed E-state index contributed by atoms with van der Waals surface area (Å²) in [6, 6.07) is 3.53. The summed E-state index contributed by atoms with van der Waals surface area (Å²) >= 11 is 1.40. The summed E-state index contributed by atoms with van der Waals surface area (Å²) in [6.45, 7) is 2.33. The van der Waals surface area contributed by atoms with Crippen LogP contribution in [0.25, 0.3) is 0 Å². The monoisotopic (exact) mass is 336 g/mol. The second-order valence-corrected chi connectivity index (χ2v) is 5.79. The van der Waals surface area contributed by atoms with Crippen LogP contribution in [0.3, 0.4) is 0 Å². The predicted molar refractivity (Wildman–Crippen MR) is 88.8 cm³/mol. The number of hydrogen-bond donors (Lipinski definition) is 1. The van der Waals surface area contributed by atoms with Gasteiger partial charge in [-0.05, 0) is 12.5 Å². The van der Waals surface area contributed by atoms with Crippen LogP contribution in [-0.2, 0) is 13.0 Å². The highest BCUT2D eigenvalue weighted by molar-refractivity contribution is 7.13. The number of methoxy groups -OCH3 is 3. The third kappa shape index (κ3) is 3.92. The lowest BCUT2D eigenvalue weighted by atomic mass is 10.1. The number of aromatic nitrogens is 1. The van der Waals surface area contributed by atoms with Crippen LogP contribution < -0.4 is 19.5 Å². The van der Waals surface area contributed by atoms with Gasteiger partial charge in [0.05, 0.1) is 32.5 Å². The van der Waals surface area contributed by atoms with Gasteiger partial charge >= 0.3 is 0 Å². The fourth-order valence-corrected chi connectivity index (χ4v) is 2.85. The molecular formula is C16H20N2O4S. The van der Waals surface area contributed by atoms with Crippen molar-refractivity contribution in [2.75, 3.05) is 21.3 Å². The maximum absolute atomic E-state index is 12.2. The molecule has 0 saturated carbocycles. The molecular weight excluding hydrogens is 316 g/mol. The van der Waals surface area contributed by atoms with Gasteiger partial charge in [0.25, 0.3) is 5.91 Å². The van der Waals surface area contributed by atoms with Gasteiger partial charge in [-0.15, -0.1) is 11.3 Å². The van der Waals surface area contributed by atoms with Crippen LogP contribution in [0.15, 0.2) is 18.3 Å². The van der Waals surface area contributed by atoms with E-state index >= 15 is 0 Å². The minimum absolute atomic E-state index is 0.154. The van der Waals surface area contributed by atoms with Crippen LogP contribution in [0.5, 0.6) is 17.2 Å². The molecule has 0 aliphatic carbocycles. The zero-order chi connectivity index (χ0) is 16.8. The number of carbonyl (C=O) groups excluding carboxylic acids is 1. The number of nitrogens with one attached hydrogen (secondary N) is 1. The molecule has 1 amide bonds. The Bertz CT molecular complexity index is 685. The zero-order valence-corrected chi connectivity index (χ0v) is 14.5. The van der Waals surface area contributed by atoms with Crippen LogP contribution in [-0.4, -0.2) is 32.2 Å². The van der Waals surface area contributed by atoms with Crippen molar-refractivity contribution in [1.82, 2.24) is 10.3 Å². The van der Waals surface area contributed by atoms with Crippen LogP contribution >= 0.6 is 11.3 Å². The fraction of sp³-hybridized carbons (Fsp3) is 0.375. The number of aryl methyl sites for hydroxylation is 1. The van der Waals surface area contributed by atoms with E-state index in [1.807, 2.05) is 6.92 Å². The molecule has 1 aromatic heterocycles. The Kier molecular flexibility index (Phi) is 5.81. The summed E-state index contributed by atoms with van der Waals surface area (Å²) in [5.41, 5.74) is 0.804. The van der Waals surface area contributed by atoms with Gasteiger partial charge in [-0.3, -0.25) is 4.79 Å². The predicted octanol–water partition coefficient (Wildman–Crippen LogP) is 2.66. The Labute approximate surface area is 139 Å². The summed E-state index contributed by atoms with van der Waals surface area (Å²) in [4.78, 5) is 17.0. The summed E-state index contributed by atoms with van der Waals surface area (Å²) in [7, 11) is 4.70. The van der Waals surface area contributed by atoms with Crippen LogP contribution in [0, 0.1) is 0 Å². The quantitative estimate of drug-likeness (QED) is 0.842. The van der Waals surface area contributed by atoms with Crippen molar-refractivity contribution in [2.45, 2.75) is 19.9 Å². The lowest BCUT2D eigenvalue weighted by Gasteiger charge is -2.14. The number of rotatable bonds is 7. The van der Waals surface area contributed by atoms with Crippen molar-refractivity contribution < 1.29 is 19.0 Å². The van der Waals surface area contributed by atoms with E-state index in [0.717, 1.165) is 17.0 Å². The summed E-state index contributed by atoms with van der Waals surface area (Å²) in [6.07, 6.45) is 2.42. The first-order valence-electron chi connectivity index (χ1n) is 7.14. The molecule has 0 fully saturated rings. The van der Waals surface area contributed by atoms with Crippen molar-refractivity contribution >= 4 is 17.2 Å². The second kappa shape index (κ2) is 7.82. The number of carbonyl (C=O) groups is 1. The molecule has 124 valence electrons. The van der Waals surface area contributed by atoms with Gasteiger partial charge in [0.1, 0.15) is 10.6 Å². The number of thiazole rings is 1. The van der Waals surface area contributed by atoms with Crippen LogP contribution in [0.4, 0.5) is 0 Å². The lowest BCUT2D eigenvalue weighted by Crippen LogP contribution is -2.22. The molecule has 0 aliphatic rings. The molecule has 0 atom stereocenters. The molecule has 7 heteroatoms. The molecule has 1 aromatic carbocycles. The third-order valence-corrected chi connectivity index (χ3v) is 4.45. The smallest absolute Gasteiger partial charge is 0.263 e. The molecule has 0 bridgehead atoms. The van der Waals surface area contributed by atoms with E-state index < -0.39 is 0 Å². The van der Waals surface area contributed by atoms with Crippen LogP contribution in [0.2, 0.25) is 0 Å². The molecule has 0 unspecified atom stereocenters. The Balaban J connectivity index is 2.14. The number of amides is 1. The summed E-state index contributed by atoms with van der Waals surface area (Å²) < 4.78 is 15.9. The summed E-state index contributed by atoms with van der Waals surface area (Å²) in [5.74, 6) is 1.64. The van der Waals surface area contributed by atoms with E-state index in [2.05, 4.69) is 10.3 Å². The van der Waals surface area contributed by atoms with E-state index in [1.165, 1.54) is 11.3 Å². The number of nitrogens with zero attached hydrogens (tertiary/aromatic N) is 1. The Morgan fingerprint density at radius 1 is 1.13 bits per heavy atom. The van der Waals surface area contributed by atoms with E-state index in [1.54, 1.807) is 39.7 Å². The second-order valence-electron chi connectivity index (χ2n) is 4.67. The minimum atomic E-state index is -0.154. The first-order valence-corrected chi connectivity index (χ1v) is 7.96. The van der Waals surface area contributed by atoms with Crippen molar-refractivity contribution in [3.63, 3.8) is 0 Å². The molecule has 0 aliphatic heterocycles. The molecule has 1 heterocycles. The molecule has 2 rings (SSSR count). The topological polar surface area (TPSA) is 69.7 Å². The minimum Gasteiger partial charge on any atom is -0.496 e. The third-order valence-electron chi connectivity index (χ3n) is 3.31. The van der Waals surface area contributed by atoms with Gasteiger partial charge in [0, 0.05) is 18.2 Å². The van der Waals surface area contributed by atoms with Gasteiger partial charge < -0.3 is 19.5 Å². The van der Waals surface area contributed by atoms with Crippen molar-refractivity contribution in [1.29, 1.82) is 0 Å². The first kappa shape index (κ1) is 17.1. The highest BCUT2D eigenvalue weighted by Crippen LogP contribution is 2.34. The van der Waals surface area contributed by atoms with Gasteiger partial charge in [0.15, 0.2) is 11.5 Å². The average Bonchev–Trinajstić information content (AvgIpc) is 3.07. The maximum atomic E-state index is 12.2. The van der Waals surface area contributed by atoms with E-state index in [0.29, 0.717) is 28.7 Å². The lowest BCUT2D eigenvalue weighted by molar-refractivity contribution is 0.0954. The zero-order valence-electron chi connectivity index (χ0n) is 13.6. The Morgan fingerprint density at radius 3 is 2.35 bits per heavy atom. The van der Waals surface area contributed by atoms with Gasteiger partial charge in [-0.25, -0.2) is 4.98 Å². The Hall–Kier alpha value is -2.28.